The average molecular weight is 321 g/mol. The number of methoxy groups -OCH3 is 1. The fourth-order valence-electron chi connectivity index (χ4n) is 1.63. The zero-order valence-corrected chi connectivity index (χ0v) is 12.7. The van der Waals surface area contributed by atoms with Crippen LogP contribution in [0.2, 0.25) is 5.02 Å². The lowest BCUT2D eigenvalue weighted by Gasteiger charge is -2.21. The molecule has 0 fully saturated rings. The molecular formula is C13H19BrClNO. The van der Waals surface area contributed by atoms with Crippen LogP contribution in [-0.2, 0) is 11.3 Å². The predicted molar refractivity (Wildman–Crippen MR) is 77.1 cm³/mol. The molecule has 0 N–H and O–H groups in total. The molecule has 2 nitrogen and oxygen atoms in total. The lowest BCUT2D eigenvalue weighted by molar-refractivity contribution is 0.148. The highest BCUT2D eigenvalue weighted by molar-refractivity contribution is 9.09. The van der Waals surface area contributed by atoms with E-state index >= 15 is 0 Å². The smallest absolute Gasteiger partial charge is 0.0589 e. The van der Waals surface area contributed by atoms with E-state index in [1.165, 1.54) is 11.1 Å². The molecule has 1 aromatic carbocycles. The number of halogens is 2. The number of benzene rings is 1. The van der Waals surface area contributed by atoms with Gasteiger partial charge in [0.1, 0.15) is 0 Å². The van der Waals surface area contributed by atoms with Gasteiger partial charge in [-0.05, 0) is 24.1 Å². The molecule has 0 aliphatic carbocycles. The Morgan fingerprint density at radius 2 is 2.12 bits per heavy atom. The van der Waals surface area contributed by atoms with Crippen molar-refractivity contribution >= 4 is 27.5 Å². The van der Waals surface area contributed by atoms with Gasteiger partial charge in [0, 0.05) is 37.1 Å². The lowest BCUT2D eigenvalue weighted by atomic mass is 10.1. The molecule has 0 aliphatic rings. The van der Waals surface area contributed by atoms with Gasteiger partial charge in [0.2, 0.25) is 0 Å². The Labute approximate surface area is 117 Å². The van der Waals surface area contributed by atoms with E-state index in [4.69, 9.17) is 16.3 Å². The SMILES string of the molecule is COCCN(CCBr)Cc1ccc(C)cc1Cl. The average Bonchev–Trinajstić information content (AvgIpc) is 2.29. The number of hydrogen-bond acceptors (Lipinski definition) is 2. The van der Waals surface area contributed by atoms with E-state index in [2.05, 4.69) is 39.9 Å². The minimum Gasteiger partial charge on any atom is -0.383 e. The molecule has 1 rings (SSSR count). The molecule has 0 aromatic heterocycles. The van der Waals surface area contributed by atoms with Gasteiger partial charge in [-0.15, -0.1) is 0 Å². The summed E-state index contributed by atoms with van der Waals surface area (Å²) < 4.78 is 5.12. The third-order valence-corrected chi connectivity index (χ3v) is 3.32. The van der Waals surface area contributed by atoms with Gasteiger partial charge in [0.15, 0.2) is 0 Å². The van der Waals surface area contributed by atoms with Crippen LogP contribution in [0.5, 0.6) is 0 Å². The maximum absolute atomic E-state index is 6.24. The van der Waals surface area contributed by atoms with Crippen molar-refractivity contribution in [3.63, 3.8) is 0 Å². The molecule has 1 aromatic rings. The molecule has 96 valence electrons. The summed E-state index contributed by atoms with van der Waals surface area (Å²) in [5.74, 6) is 0. The second-order valence-electron chi connectivity index (χ2n) is 4.05. The van der Waals surface area contributed by atoms with Crippen LogP contribution < -0.4 is 0 Å². The number of alkyl halides is 1. The molecule has 0 spiro atoms. The third kappa shape index (κ3) is 5.38. The molecule has 0 amide bonds. The maximum Gasteiger partial charge on any atom is 0.0589 e. The van der Waals surface area contributed by atoms with E-state index in [1.807, 2.05) is 6.07 Å². The summed E-state index contributed by atoms with van der Waals surface area (Å²) >= 11 is 9.71. The number of rotatable bonds is 7. The first kappa shape index (κ1) is 15.0. The number of hydrogen-bond donors (Lipinski definition) is 0. The van der Waals surface area contributed by atoms with Crippen molar-refractivity contribution in [2.75, 3.05) is 32.1 Å². The molecule has 0 atom stereocenters. The molecule has 17 heavy (non-hydrogen) atoms. The van der Waals surface area contributed by atoms with Crippen molar-refractivity contribution in [2.45, 2.75) is 13.5 Å². The second-order valence-corrected chi connectivity index (χ2v) is 5.25. The fourth-order valence-corrected chi connectivity index (χ4v) is 2.43. The Bertz CT molecular complexity index is 346. The Morgan fingerprint density at radius 1 is 1.35 bits per heavy atom. The molecule has 0 saturated carbocycles. The number of ether oxygens (including phenoxy) is 1. The summed E-state index contributed by atoms with van der Waals surface area (Å²) in [6.07, 6.45) is 0. The predicted octanol–water partition coefficient (Wildman–Crippen LogP) is 3.49. The quantitative estimate of drug-likeness (QED) is 0.713. The summed E-state index contributed by atoms with van der Waals surface area (Å²) in [4.78, 5) is 2.33. The van der Waals surface area contributed by atoms with Gasteiger partial charge in [0.25, 0.3) is 0 Å². The fraction of sp³-hybridized carbons (Fsp3) is 0.538. The van der Waals surface area contributed by atoms with Gasteiger partial charge in [-0.2, -0.15) is 0 Å². The Hall–Kier alpha value is -0.0900. The van der Waals surface area contributed by atoms with Crippen LogP contribution in [0.4, 0.5) is 0 Å². The molecule has 4 heteroatoms. The van der Waals surface area contributed by atoms with Crippen LogP contribution in [-0.4, -0.2) is 37.0 Å². The standard InChI is InChI=1S/C13H19BrClNO/c1-11-3-4-12(13(15)9-11)10-16(6-5-14)7-8-17-2/h3-4,9H,5-8,10H2,1-2H3. The van der Waals surface area contributed by atoms with Crippen molar-refractivity contribution in [3.05, 3.63) is 34.3 Å². The Balaban J connectivity index is 2.64. The van der Waals surface area contributed by atoms with Crippen molar-refractivity contribution < 1.29 is 4.74 Å². The summed E-state index contributed by atoms with van der Waals surface area (Å²) in [7, 11) is 1.73. The van der Waals surface area contributed by atoms with Gasteiger partial charge in [0.05, 0.1) is 6.61 Å². The number of aryl methyl sites for hydroxylation is 1. The van der Waals surface area contributed by atoms with Crippen molar-refractivity contribution in [3.8, 4) is 0 Å². The van der Waals surface area contributed by atoms with Gasteiger partial charge in [-0.3, -0.25) is 4.90 Å². The summed E-state index contributed by atoms with van der Waals surface area (Å²) in [6, 6.07) is 6.22. The van der Waals surface area contributed by atoms with Crippen LogP contribution in [0.1, 0.15) is 11.1 Å². The Kier molecular flexibility index (Phi) is 7.12. The van der Waals surface area contributed by atoms with E-state index in [1.54, 1.807) is 7.11 Å². The van der Waals surface area contributed by atoms with Crippen LogP contribution >= 0.6 is 27.5 Å². The minimum atomic E-state index is 0.747. The molecule has 0 heterocycles. The third-order valence-electron chi connectivity index (χ3n) is 2.61. The molecule has 0 saturated heterocycles. The molecular weight excluding hydrogens is 302 g/mol. The number of nitrogens with zero attached hydrogens (tertiary/aromatic N) is 1. The second kappa shape index (κ2) is 8.09. The first-order valence-corrected chi connectivity index (χ1v) is 7.19. The monoisotopic (exact) mass is 319 g/mol. The van der Waals surface area contributed by atoms with Crippen LogP contribution in [0.25, 0.3) is 0 Å². The maximum atomic E-state index is 6.24. The van der Waals surface area contributed by atoms with Crippen LogP contribution in [0, 0.1) is 6.92 Å². The van der Waals surface area contributed by atoms with Crippen molar-refractivity contribution in [1.82, 2.24) is 4.90 Å². The lowest BCUT2D eigenvalue weighted by Crippen LogP contribution is -2.29. The first-order chi connectivity index (χ1) is 8.17. The van der Waals surface area contributed by atoms with E-state index < -0.39 is 0 Å². The summed E-state index contributed by atoms with van der Waals surface area (Å²) in [6.45, 7) is 5.58. The normalized spacial score (nSPS) is 11.1. The van der Waals surface area contributed by atoms with Gasteiger partial charge >= 0.3 is 0 Å². The van der Waals surface area contributed by atoms with Crippen molar-refractivity contribution in [2.24, 2.45) is 0 Å². The molecule has 0 radical (unpaired) electrons. The van der Waals surface area contributed by atoms with Gasteiger partial charge in [-0.1, -0.05) is 39.7 Å². The highest BCUT2D eigenvalue weighted by Gasteiger charge is 2.08. The summed E-state index contributed by atoms with van der Waals surface area (Å²) in [5.41, 5.74) is 2.37. The zero-order chi connectivity index (χ0) is 12.7. The van der Waals surface area contributed by atoms with E-state index in [9.17, 15) is 0 Å². The van der Waals surface area contributed by atoms with E-state index in [0.717, 1.165) is 36.6 Å². The van der Waals surface area contributed by atoms with Crippen molar-refractivity contribution in [1.29, 1.82) is 0 Å². The van der Waals surface area contributed by atoms with Gasteiger partial charge in [-0.25, -0.2) is 0 Å². The first-order valence-electron chi connectivity index (χ1n) is 5.69. The van der Waals surface area contributed by atoms with E-state index in [0.29, 0.717) is 0 Å². The Morgan fingerprint density at radius 3 is 2.71 bits per heavy atom. The highest BCUT2D eigenvalue weighted by Crippen LogP contribution is 2.19. The summed E-state index contributed by atoms with van der Waals surface area (Å²) in [5, 5.41) is 1.81. The van der Waals surface area contributed by atoms with Crippen LogP contribution in [0.3, 0.4) is 0 Å². The molecule has 0 aliphatic heterocycles. The topological polar surface area (TPSA) is 12.5 Å². The van der Waals surface area contributed by atoms with Crippen LogP contribution in [0.15, 0.2) is 18.2 Å². The molecule has 0 bridgehead atoms. The zero-order valence-electron chi connectivity index (χ0n) is 10.4. The highest BCUT2D eigenvalue weighted by atomic mass is 79.9. The molecule has 0 unspecified atom stereocenters. The minimum absolute atomic E-state index is 0.747. The largest absolute Gasteiger partial charge is 0.383 e. The van der Waals surface area contributed by atoms with E-state index in [-0.39, 0.29) is 0 Å². The van der Waals surface area contributed by atoms with Gasteiger partial charge < -0.3 is 4.74 Å².